The molecule has 0 spiro atoms. The number of rotatable bonds is 6. The van der Waals surface area contributed by atoms with E-state index in [1.54, 1.807) is 55.6 Å². The van der Waals surface area contributed by atoms with Gasteiger partial charge >= 0.3 is 6.03 Å². The Morgan fingerprint density at radius 2 is 1.67 bits per heavy atom. The van der Waals surface area contributed by atoms with Crippen molar-refractivity contribution in [3.63, 3.8) is 0 Å². The van der Waals surface area contributed by atoms with E-state index in [4.69, 9.17) is 4.74 Å². The molecule has 1 saturated heterocycles. The first-order valence-corrected chi connectivity index (χ1v) is 11.4. The number of carbonyl (C=O) groups excluding carboxylic acids is 3. The molecule has 1 aliphatic rings. The van der Waals surface area contributed by atoms with Crippen LogP contribution in [0.15, 0.2) is 84.6 Å². The number of benzene rings is 3. The zero-order chi connectivity index (χ0) is 25.2. The third-order valence-corrected chi connectivity index (χ3v) is 5.93. The summed E-state index contributed by atoms with van der Waals surface area (Å²) < 4.78 is 21.8. The van der Waals surface area contributed by atoms with Gasteiger partial charge in [-0.2, -0.15) is 0 Å². The zero-order valence-corrected chi connectivity index (χ0v) is 19.4. The Labute approximate surface area is 206 Å². The number of amides is 4. The number of hydrogen-bond acceptors (Lipinski definition) is 4. The quantitative estimate of drug-likeness (QED) is 0.313. The highest BCUT2D eigenvalue weighted by atomic mass is 19.1. The standard InChI is InChI=1S/C28H22FN3O4/c1-2-36-25-14-8-7-13-24(25)32-27(34)21(26(33)30-28(32)35)15-19-17-31(23-12-6-4-10-20(19)23)16-18-9-3-5-11-22(18)29/h3-15,17H,2,16H2,1H3,(H,30,33,35)/b21-15+. The number of fused-ring (bicyclic) bond motifs is 1. The predicted octanol–water partition coefficient (Wildman–Crippen LogP) is 4.89. The Hall–Kier alpha value is -4.72. The summed E-state index contributed by atoms with van der Waals surface area (Å²) in [6, 6.07) is 19.7. The first-order valence-electron chi connectivity index (χ1n) is 11.4. The Bertz CT molecular complexity index is 1540. The number of anilines is 1. The maximum Gasteiger partial charge on any atom is 0.336 e. The number of hydrogen-bond donors (Lipinski definition) is 1. The molecule has 0 bridgehead atoms. The van der Waals surface area contributed by atoms with E-state index in [-0.39, 0.29) is 23.6 Å². The smallest absolute Gasteiger partial charge is 0.336 e. The summed E-state index contributed by atoms with van der Waals surface area (Å²) in [7, 11) is 0. The third kappa shape index (κ3) is 4.13. The van der Waals surface area contributed by atoms with E-state index in [9.17, 15) is 18.8 Å². The number of nitrogens with one attached hydrogen (secondary N) is 1. The van der Waals surface area contributed by atoms with Crippen LogP contribution in [0.5, 0.6) is 5.75 Å². The molecule has 180 valence electrons. The molecule has 1 N–H and O–H groups in total. The van der Waals surface area contributed by atoms with E-state index < -0.39 is 17.8 Å². The molecule has 5 rings (SSSR count). The van der Waals surface area contributed by atoms with Crippen LogP contribution in [0.3, 0.4) is 0 Å². The minimum atomic E-state index is -0.851. The summed E-state index contributed by atoms with van der Waals surface area (Å²) in [6.07, 6.45) is 3.22. The number of carbonyl (C=O) groups is 3. The van der Waals surface area contributed by atoms with Gasteiger partial charge in [0, 0.05) is 28.2 Å². The van der Waals surface area contributed by atoms with Gasteiger partial charge in [-0.15, -0.1) is 0 Å². The van der Waals surface area contributed by atoms with Crippen molar-refractivity contribution in [2.75, 3.05) is 11.5 Å². The lowest BCUT2D eigenvalue weighted by atomic mass is 10.1. The summed E-state index contributed by atoms with van der Waals surface area (Å²) in [6.45, 7) is 2.40. The van der Waals surface area contributed by atoms with Gasteiger partial charge in [-0.3, -0.25) is 14.9 Å². The monoisotopic (exact) mass is 483 g/mol. The van der Waals surface area contributed by atoms with Crippen LogP contribution in [-0.2, 0) is 16.1 Å². The molecule has 7 nitrogen and oxygen atoms in total. The number of ether oxygens (including phenoxy) is 1. The molecule has 36 heavy (non-hydrogen) atoms. The van der Waals surface area contributed by atoms with Gasteiger partial charge in [-0.1, -0.05) is 48.5 Å². The van der Waals surface area contributed by atoms with Crippen LogP contribution in [0.25, 0.3) is 17.0 Å². The van der Waals surface area contributed by atoms with Gasteiger partial charge < -0.3 is 9.30 Å². The highest BCUT2D eigenvalue weighted by Crippen LogP contribution is 2.32. The summed E-state index contributed by atoms with van der Waals surface area (Å²) in [5, 5.41) is 3.02. The fourth-order valence-electron chi connectivity index (χ4n) is 4.28. The molecule has 1 fully saturated rings. The van der Waals surface area contributed by atoms with E-state index in [1.165, 1.54) is 12.1 Å². The first kappa shape index (κ1) is 23.0. The molecule has 4 aromatic rings. The average Bonchev–Trinajstić information content (AvgIpc) is 3.21. The lowest BCUT2D eigenvalue weighted by molar-refractivity contribution is -0.122. The van der Waals surface area contributed by atoms with Gasteiger partial charge in [0.05, 0.1) is 18.8 Å². The topological polar surface area (TPSA) is 80.6 Å². The molecule has 8 heteroatoms. The largest absolute Gasteiger partial charge is 0.492 e. The molecule has 0 aliphatic carbocycles. The van der Waals surface area contributed by atoms with Crippen molar-refractivity contribution in [2.24, 2.45) is 0 Å². The van der Waals surface area contributed by atoms with Crippen molar-refractivity contribution in [3.05, 3.63) is 102 Å². The molecule has 4 amide bonds. The van der Waals surface area contributed by atoms with Gasteiger partial charge in [0.25, 0.3) is 11.8 Å². The Balaban J connectivity index is 1.58. The number of imide groups is 2. The molecular formula is C28H22FN3O4. The van der Waals surface area contributed by atoms with Gasteiger partial charge in [-0.25, -0.2) is 14.1 Å². The van der Waals surface area contributed by atoms with E-state index in [1.807, 2.05) is 28.8 Å². The number of urea groups is 1. The average molecular weight is 483 g/mol. The number of aromatic nitrogens is 1. The molecule has 2 heterocycles. The van der Waals surface area contributed by atoms with Crippen LogP contribution in [0, 0.1) is 5.82 Å². The molecule has 3 aromatic carbocycles. The normalized spacial score (nSPS) is 15.0. The van der Waals surface area contributed by atoms with Crippen LogP contribution in [0.1, 0.15) is 18.1 Å². The summed E-state index contributed by atoms with van der Waals surface area (Å²) >= 11 is 0. The van der Waals surface area contributed by atoms with Gasteiger partial charge in [0.1, 0.15) is 17.1 Å². The van der Waals surface area contributed by atoms with Crippen molar-refractivity contribution in [1.82, 2.24) is 9.88 Å². The fraction of sp³-hybridized carbons (Fsp3) is 0.107. The summed E-state index contributed by atoms with van der Waals surface area (Å²) in [5.41, 5.74) is 1.95. The highest BCUT2D eigenvalue weighted by molar-refractivity contribution is 6.39. The Kier molecular flexibility index (Phi) is 6.08. The molecule has 1 aliphatic heterocycles. The second-order valence-corrected chi connectivity index (χ2v) is 8.18. The molecular weight excluding hydrogens is 461 g/mol. The number of nitrogens with zero attached hydrogens (tertiary/aromatic N) is 2. The zero-order valence-electron chi connectivity index (χ0n) is 19.4. The molecule has 0 unspecified atom stereocenters. The van der Waals surface area contributed by atoms with E-state index in [0.717, 1.165) is 15.8 Å². The van der Waals surface area contributed by atoms with Gasteiger partial charge in [0.15, 0.2) is 0 Å². The highest BCUT2D eigenvalue weighted by Gasteiger charge is 2.38. The minimum absolute atomic E-state index is 0.199. The van der Waals surface area contributed by atoms with Crippen molar-refractivity contribution in [1.29, 1.82) is 0 Å². The summed E-state index contributed by atoms with van der Waals surface area (Å²) in [4.78, 5) is 39.8. The van der Waals surface area contributed by atoms with Gasteiger partial charge in [0.2, 0.25) is 0 Å². The van der Waals surface area contributed by atoms with Crippen molar-refractivity contribution in [3.8, 4) is 5.75 Å². The minimum Gasteiger partial charge on any atom is -0.492 e. The Morgan fingerprint density at radius 3 is 2.47 bits per heavy atom. The first-order chi connectivity index (χ1) is 17.5. The molecule has 1 aromatic heterocycles. The van der Waals surface area contributed by atoms with Crippen LogP contribution in [-0.4, -0.2) is 29.0 Å². The third-order valence-electron chi connectivity index (χ3n) is 5.93. The number of barbiturate groups is 1. The Morgan fingerprint density at radius 1 is 0.944 bits per heavy atom. The predicted molar refractivity (Wildman–Crippen MR) is 134 cm³/mol. The van der Waals surface area contributed by atoms with Crippen LogP contribution in [0.2, 0.25) is 0 Å². The van der Waals surface area contributed by atoms with Crippen molar-refractivity contribution < 1.29 is 23.5 Å². The van der Waals surface area contributed by atoms with Crippen LogP contribution in [0.4, 0.5) is 14.9 Å². The van der Waals surface area contributed by atoms with E-state index >= 15 is 0 Å². The molecule has 0 saturated carbocycles. The van der Waals surface area contributed by atoms with E-state index in [0.29, 0.717) is 23.5 Å². The maximum atomic E-state index is 14.3. The summed E-state index contributed by atoms with van der Waals surface area (Å²) in [5.74, 6) is -1.53. The second-order valence-electron chi connectivity index (χ2n) is 8.18. The van der Waals surface area contributed by atoms with Gasteiger partial charge in [-0.05, 0) is 37.3 Å². The van der Waals surface area contributed by atoms with Crippen LogP contribution < -0.4 is 15.0 Å². The van der Waals surface area contributed by atoms with Crippen molar-refractivity contribution in [2.45, 2.75) is 13.5 Å². The lowest BCUT2D eigenvalue weighted by Crippen LogP contribution is -2.54. The van der Waals surface area contributed by atoms with Crippen LogP contribution >= 0.6 is 0 Å². The maximum absolute atomic E-state index is 14.3. The number of para-hydroxylation sites is 3. The van der Waals surface area contributed by atoms with E-state index in [2.05, 4.69) is 5.32 Å². The molecule has 0 atom stereocenters. The number of halogens is 1. The fourth-order valence-corrected chi connectivity index (χ4v) is 4.28. The van der Waals surface area contributed by atoms with Crippen molar-refractivity contribution >= 4 is 40.5 Å². The molecule has 0 radical (unpaired) electrons. The second kappa shape index (κ2) is 9.50. The lowest BCUT2D eigenvalue weighted by Gasteiger charge is -2.27. The SMILES string of the molecule is CCOc1ccccc1N1C(=O)NC(=O)/C(=C\c2cn(Cc3ccccc3F)c3ccccc23)C1=O.